The third-order valence-electron chi connectivity index (χ3n) is 4.13. The van der Waals surface area contributed by atoms with Crippen LogP contribution in [-0.4, -0.2) is 17.4 Å². The first-order valence-electron chi connectivity index (χ1n) is 7.96. The van der Waals surface area contributed by atoms with Crippen LogP contribution in [0.1, 0.15) is 26.7 Å². The highest BCUT2D eigenvalue weighted by molar-refractivity contribution is 7.78. The summed E-state index contributed by atoms with van der Waals surface area (Å²) in [5, 5.41) is 12.0. The van der Waals surface area contributed by atoms with Crippen molar-refractivity contribution in [1.29, 1.82) is 0 Å². The number of hydrogen-bond donors (Lipinski definition) is 1. The molecule has 0 heterocycles. The largest absolute Gasteiger partial charge is 0.393 e. The molecule has 0 bridgehead atoms. The summed E-state index contributed by atoms with van der Waals surface area (Å²) in [6.07, 6.45) is 1.80. The van der Waals surface area contributed by atoms with Gasteiger partial charge in [-0.3, -0.25) is 0 Å². The molecule has 0 saturated carbocycles. The molecule has 1 N–H and O–H groups in total. The molecule has 0 aliphatic rings. The first-order valence-corrected chi connectivity index (χ1v) is 9.85. The zero-order chi connectivity index (χ0) is 16.0. The first kappa shape index (κ1) is 17.0. The Balaban J connectivity index is 2.37. The van der Waals surface area contributed by atoms with Gasteiger partial charge in [-0.1, -0.05) is 80.9 Å². The first-order chi connectivity index (χ1) is 10.6. The van der Waals surface area contributed by atoms with E-state index < -0.39 is 13.2 Å². The maximum atomic E-state index is 13.8. The van der Waals surface area contributed by atoms with E-state index in [-0.39, 0.29) is 5.92 Å². The highest BCUT2D eigenvalue weighted by atomic mass is 31.2. The molecule has 2 nitrogen and oxygen atoms in total. The molecule has 0 fully saturated rings. The Kier molecular flexibility index (Phi) is 5.99. The number of benzene rings is 2. The highest BCUT2D eigenvalue weighted by Gasteiger charge is 2.31. The Hall–Kier alpha value is -1.37. The van der Waals surface area contributed by atoms with Gasteiger partial charge in [-0.15, -0.1) is 0 Å². The molecule has 0 aliphatic heterocycles. The van der Waals surface area contributed by atoms with Gasteiger partial charge in [0.05, 0.1) is 6.10 Å². The number of aliphatic hydroxyl groups is 1. The van der Waals surface area contributed by atoms with Gasteiger partial charge in [-0.05, 0) is 12.3 Å². The normalized spacial score (nSPS) is 14.5. The highest BCUT2D eigenvalue weighted by Crippen LogP contribution is 2.45. The summed E-state index contributed by atoms with van der Waals surface area (Å²) in [4.78, 5) is 0. The van der Waals surface area contributed by atoms with Crippen molar-refractivity contribution in [2.75, 3.05) is 6.16 Å². The fourth-order valence-electron chi connectivity index (χ4n) is 2.80. The molecule has 0 amide bonds. The molecular weight excluding hydrogens is 291 g/mol. The minimum Gasteiger partial charge on any atom is -0.393 e. The van der Waals surface area contributed by atoms with Gasteiger partial charge < -0.3 is 9.67 Å². The van der Waals surface area contributed by atoms with Gasteiger partial charge in [-0.2, -0.15) is 0 Å². The summed E-state index contributed by atoms with van der Waals surface area (Å²) in [6, 6.07) is 19.3. The number of rotatable bonds is 7. The van der Waals surface area contributed by atoms with Crippen LogP contribution >= 0.6 is 7.14 Å². The predicted molar refractivity (Wildman–Crippen MR) is 94.7 cm³/mol. The Morgan fingerprint density at radius 2 is 1.41 bits per heavy atom. The molecule has 0 spiro atoms. The van der Waals surface area contributed by atoms with E-state index in [0.29, 0.717) is 6.16 Å². The molecular formula is C19H25O2P. The lowest BCUT2D eigenvalue weighted by molar-refractivity contribution is 0.116. The van der Waals surface area contributed by atoms with Crippen molar-refractivity contribution in [3.05, 3.63) is 60.7 Å². The molecule has 2 aromatic rings. The third-order valence-corrected chi connectivity index (χ3v) is 7.49. The molecule has 118 valence electrons. The molecule has 0 aromatic heterocycles. The fourth-order valence-corrected chi connectivity index (χ4v) is 5.89. The molecule has 3 heteroatoms. The van der Waals surface area contributed by atoms with Crippen molar-refractivity contribution in [3.8, 4) is 0 Å². The lowest BCUT2D eigenvalue weighted by atomic mass is 10.0. The van der Waals surface area contributed by atoms with E-state index in [2.05, 4.69) is 6.92 Å². The summed E-state index contributed by atoms with van der Waals surface area (Å²) in [7, 11) is -2.72. The van der Waals surface area contributed by atoms with Gasteiger partial charge in [0, 0.05) is 16.8 Å². The van der Waals surface area contributed by atoms with Gasteiger partial charge in [0.15, 0.2) is 0 Å². The van der Waals surface area contributed by atoms with E-state index in [1.54, 1.807) is 0 Å². The standard InChI is InChI=1S/C19H25O2P/c1-3-10-19(20)16(2)15-22(21,17-11-6-4-7-12-17)18-13-8-5-9-14-18/h4-9,11-14,16,19-20H,3,10,15H2,1-2H3/t16-,19+/m0/s1. The van der Waals surface area contributed by atoms with Crippen molar-refractivity contribution >= 4 is 17.8 Å². The van der Waals surface area contributed by atoms with Crippen molar-refractivity contribution in [3.63, 3.8) is 0 Å². The van der Waals surface area contributed by atoms with Crippen LogP contribution in [0.5, 0.6) is 0 Å². The zero-order valence-corrected chi connectivity index (χ0v) is 14.2. The Morgan fingerprint density at radius 3 is 1.82 bits per heavy atom. The Morgan fingerprint density at radius 1 is 0.955 bits per heavy atom. The maximum Gasteiger partial charge on any atom is 0.143 e. The molecule has 2 aromatic carbocycles. The average Bonchev–Trinajstić information content (AvgIpc) is 2.56. The van der Waals surface area contributed by atoms with Crippen LogP contribution in [0.15, 0.2) is 60.7 Å². The zero-order valence-electron chi connectivity index (χ0n) is 13.4. The summed E-state index contributed by atoms with van der Waals surface area (Å²) >= 11 is 0. The summed E-state index contributed by atoms with van der Waals surface area (Å²) in [6.45, 7) is 4.06. The molecule has 0 aliphatic carbocycles. The number of hydrogen-bond acceptors (Lipinski definition) is 2. The van der Waals surface area contributed by atoms with Gasteiger partial charge >= 0.3 is 0 Å². The topological polar surface area (TPSA) is 37.3 Å². The molecule has 22 heavy (non-hydrogen) atoms. The van der Waals surface area contributed by atoms with Crippen LogP contribution in [0.25, 0.3) is 0 Å². The van der Waals surface area contributed by atoms with Gasteiger partial charge in [0.2, 0.25) is 0 Å². The van der Waals surface area contributed by atoms with Crippen LogP contribution in [0, 0.1) is 5.92 Å². The Labute approximate surface area is 133 Å². The van der Waals surface area contributed by atoms with E-state index in [9.17, 15) is 9.67 Å². The molecule has 0 radical (unpaired) electrons. The summed E-state index contributed by atoms with van der Waals surface area (Å²) < 4.78 is 13.8. The van der Waals surface area contributed by atoms with E-state index in [1.807, 2.05) is 67.6 Å². The van der Waals surface area contributed by atoms with Gasteiger partial charge in [0.25, 0.3) is 0 Å². The monoisotopic (exact) mass is 316 g/mol. The molecule has 2 rings (SSSR count). The van der Waals surface area contributed by atoms with E-state index in [1.165, 1.54) is 0 Å². The number of aliphatic hydroxyl groups excluding tert-OH is 1. The minimum atomic E-state index is -2.72. The maximum absolute atomic E-state index is 13.8. The van der Waals surface area contributed by atoms with E-state index in [4.69, 9.17) is 0 Å². The van der Waals surface area contributed by atoms with Crippen molar-refractivity contribution in [2.24, 2.45) is 5.92 Å². The van der Waals surface area contributed by atoms with Crippen LogP contribution in [0.3, 0.4) is 0 Å². The van der Waals surface area contributed by atoms with Crippen LogP contribution in [0.2, 0.25) is 0 Å². The summed E-state index contributed by atoms with van der Waals surface area (Å²) in [5.41, 5.74) is 0. The molecule has 0 saturated heterocycles. The van der Waals surface area contributed by atoms with E-state index >= 15 is 0 Å². The second-order valence-electron chi connectivity index (χ2n) is 5.93. The van der Waals surface area contributed by atoms with Crippen molar-refractivity contribution in [1.82, 2.24) is 0 Å². The van der Waals surface area contributed by atoms with E-state index in [0.717, 1.165) is 23.5 Å². The Bertz CT molecular complexity index is 566. The second kappa shape index (κ2) is 7.76. The fraction of sp³-hybridized carbons (Fsp3) is 0.368. The molecule has 0 unspecified atom stereocenters. The predicted octanol–water partition coefficient (Wildman–Crippen LogP) is 3.80. The second-order valence-corrected chi connectivity index (χ2v) is 8.80. The van der Waals surface area contributed by atoms with Crippen molar-refractivity contribution < 1.29 is 9.67 Å². The van der Waals surface area contributed by atoms with Crippen LogP contribution in [0.4, 0.5) is 0 Å². The van der Waals surface area contributed by atoms with Crippen LogP contribution < -0.4 is 10.6 Å². The lowest BCUT2D eigenvalue weighted by Crippen LogP contribution is -2.27. The lowest BCUT2D eigenvalue weighted by Gasteiger charge is -2.25. The van der Waals surface area contributed by atoms with Gasteiger partial charge in [-0.25, -0.2) is 0 Å². The van der Waals surface area contributed by atoms with Crippen molar-refractivity contribution in [2.45, 2.75) is 32.8 Å². The minimum absolute atomic E-state index is 0.00574. The smallest absolute Gasteiger partial charge is 0.143 e. The van der Waals surface area contributed by atoms with Crippen LogP contribution in [-0.2, 0) is 4.57 Å². The quantitative estimate of drug-likeness (QED) is 0.789. The average molecular weight is 316 g/mol. The van der Waals surface area contributed by atoms with Gasteiger partial charge in [0.1, 0.15) is 7.14 Å². The SMILES string of the molecule is CCC[C@@H](O)[C@@H](C)CP(=O)(c1ccccc1)c1ccccc1. The third kappa shape index (κ3) is 3.88. The summed E-state index contributed by atoms with van der Waals surface area (Å²) in [5.74, 6) is 0.00574. The molecule has 2 atom stereocenters.